The minimum absolute atomic E-state index is 0.678. The van der Waals surface area contributed by atoms with Crippen LogP contribution in [0.15, 0.2) is 59.6 Å². The summed E-state index contributed by atoms with van der Waals surface area (Å²) in [5.41, 5.74) is 4.68. The minimum Gasteiger partial charge on any atom is -0.493 e. The summed E-state index contributed by atoms with van der Waals surface area (Å²) in [6, 6.07) is 16.7. The van der Waals surface area contributed by atoms with E-state index < -0.39 is 0 Å². The molecule has 2 nitrogen and oxygen atoms in total. The number of nitrogens with zero attached hydrogens (tertiary/aromatic N) is 1. The van der Waals surface area contributed by atoms with Crippen LogP contribution in [-0.2, 0) is 6.42 Å². The summed E-state index contributed by atoms with van der Waals surface area (Å²) >= 11 is 0. The van der Waals surface area contributed by atoms with Gasteiger partial charge < -0.3 is 4.74 Å². The predicted octanol–water partition coefficient (Wildman–Crippen LogP) is 4.43. The molecule has 1 aliphatic heterocycles. The van der Waals surface area contributed by atoms with Crippen LogP contribution in [0.1, 0.15) is 23.1 Å². The summed E-state index contributed by atoms with van der Waals surface area (Å²) in [7, 11) is 0. The van der Waals surface area contributed by atoms with E-state index in [0.29, 0.717) is 6.61 Å². The molecule has 0 aliphatic carbocycles. The molecule has 2 aromatic rings. The Morgan fingerprint density at radius 1 is 1.05 bits per heavy atom. The van der Waals surface area contributed by atoms with E-state index in [2.05, 4.69) is 48.3 Å². The fraction of sp³-hybridized carbons (Fsp3) is 0.211. The van der Waals surface area contributed by atoms with Gasteiger partial charge in [-0.15, -0.1) is 0 Å². The summed E-state index contributed by atoms with van der Waals surface area (Å²) in [5, 5.41) is 0. The molecule has 1 aliphatic rings. The van der Waals surface area contributed by atoms with Crippen molar-refractivity contribution in [1.82, 2.24) is 0 Å². The lowest BCUT2D eigenvalue weighted by atomic mass is 10.1. The lowest BCUT2D eigenvalue weighted by molar-refractivity contribution is 0.321. The first-order valence-electron chi connectivity index (χ1n) is 7.33. The zero-order chi connectivity index (χ0) is 14.5. The van der Waals surface area contributed by atoms with Crippen LogP contribution in [0.25, 0.3) is 5.70 Å². The highest BCUT2D eigenvalue weighted by atomic mass is 16.5. The number of hydrogen-bond acceptors (Lipinski definition) is 2. The Hall–Kier alpha value is -2.35. The van der Waals surface area contributed by atoms with Crippen LogP contribution < -0.4 is 4.74 Å². The van der Waals surface area contributed by atoms with E-state index in [4.69, 9.17) is 4.74 Å². The highest BCUT2D eigenvalue weighted by molar-refractivity contribution is 5.82. The summed E-state index contributed by atoms with van der Waals surface area (Å²) < 4.78 is 5.97. The second-order valence-electron chi connectivity index (χ2n) is 5.22. The van der Waals surface area contributed by atoms with Gasteiger partial charge >= 0.3 is 0 Å². The smallest absolute Gasteiger partial charge is 0.128 e. The molecule has 106 valence electrons. The van der Waals surface area contributed by atoms with Gasteiger partial charge in [-0.2, -0.15) is 0 Å². The molecule has 0 spiro atoms. The van der Waals surface area contributed by atoms with Crippen molar-refractivity contribution in [3.8, 4) is 5.75 Å². The van der Waals surface area contributed by atoms with Crippen molar-refractivity contribution in [1.29, 1.82) is 0 Å². The third kappa shape index (κ3) is 3.40. The molecule has 0 radical (unpaired) electrons. The molecule has 0 amide bonds. The van der Waals surface area contributed by atoms with E-state index in [1.54, 1.807) is 0 Å². The van der Waals surface area contributed by atoms with Crippen molar-refractivity contribution in [2.45, 2.75) is 19.8 Å². The number of aryl methyl sites for hydroxylation is 1. The highest BCUT2D eigenvalue weighted by Gasteiger charge is 2.09. The minimum atomic E-state index is 0.678. The molecule has 2 heteroatoms. The molecular formula is C19H19NO. The molecule has 0 atom stereocenters. The third-order valence-electron chi connectivity index (χ3n) is 3.58. The topological polar surface area (TPSA) is 21.6 Å². The molecule has 21 heavy (non-hydrogen) atoms. The van der Waals surface area contributed by atoms with Crippen molar-refractivity contribution in [3.63, 3.8) is 0 Å². The Morgan fingerprint density at radius 3 is 2.62 bits per heavy atom. The standard InChI is InChI=1S/C19H19NO/c1-15-8-10-16(11-9-15)12-14-21-19-7-3-2-5-17(19)18-6-4-13-20-18/h2-3,5-11,13H,4,12,14H2,1H3. The third-order valence-corrected chi connectivity index (χ3v) is 3.58. The SMILES string of the molecule is Cc1ccc(CCOc2ccccc2C2=CCC=N2)cc1. The Morgan fingerprint density at radius 2 is 1.86 bits per heavy atom. The van der Waals surface area contributed by atoms with Crippen molar-refractivity contribution < 1.29 is 4.74 Å². The van der Waals surface area contributed by atoms with Gasteiger partial charge in [-0.3, -0.25) is 4.99 Å². The van der Waals surface area contributed by atoms with Gasteiger partial charge in [0.05, 0.1) is 12.3 Å². The fourth-order valence-electron chi connectivity index (χ4n) is 2.39. The Balaban J connectivity index is 1.65. The first-order chi connectivity index (χ1) is 10.3. The molecule has 0 bridgehead atoms. The van der Waals surface area contributed by atoms with Gasteiger partial charge in [0.1, 0.15) is 5.75 Å². The molecule has 0 aromatic heterocycles. The number of para-hydroxylation sites is 1. The van der Waals surface area contributed by atoms with Crippen LogP contribution in [-0.4, -0.2) is 12.8 Å². The molecular weight excluding hydrogens is 258 g/mol. The molecule has 0 saturated carbocycles. The maximum atomic E-state index is 5.97. The molecule has 0 unspecified atom stereocenters. The largest absolute Gasteiger partial charge is 0.493 e. The van der Waals surface area contributed by atoms with E-state index in [-0.39, 0.29) is 0 Å². The van der Waals surface area contributed by atoms with Crippen LogP contribution in [0, 0.1) is 6.92 Å². The van der Waals surface area contributed by atoms with Crippen molar-refractivity contribution >= 4 is 11.9 Å². The van der Waals surface area contributed by atoms with Crippen molar-refractivity contribution in [2.75, 3.05) is 6.61 Å². The number of ether oxygens (including phenoxy) is 1. The number of allylic oxidation sites excluding steroid dienone is 1. The molecule has 3 rings (SSSR count). The van der Waals surface area contributed by atoms with Crippen LogP contribution >= 0.6 is 0 Å². The Kier molecular flexibility index (Phi) is 4.15. The quantitative estimate of drug-likeness (QED) is 0.792. The predicted molar refractivity (Wildman–Crippen MR) is 87.9 cm³/mol. The van der Waals surface area contributed by atoms with E-state index in [1.807, 2.05) is 24.4 Å². The lowest BCUT2D eigenvalue weighted by Gasteiger charge is -2.11. The number of hydrogen-bond donors (Lipinski definition) is 0. The number of rotatable bonds is 5. The molecule has 2 aromatic carbocycles. The van der Waals surface area contributed by atoms with Crippen LogP contribution in [0.2, 0.25) is 0 Å². The zero-order valence-corrected chi connectivity index (χ0v) is 12.3. The maximum absolute atomic E-state index is 5.97. The van der Waals surface area contributed by atoms with Crippen LogP contribution in [0.5, 0.6) is 5.75 Å². The van der Waals surface area contributed by atoms with Gasteiger partial charge in [-0.05, 0) is 24.6 Å². The summed E-state index contributed by atoms with van der Waals surface area (Å²) in [4.78, 5) is 4.40. The normalized spacial score (nSPS) is 13.3. The van der Waals surface area contributed by atoms with E-state index >= 15 is 0 Å². The lowest BCUT2D eigenvalue weighted by Crippen LogP contribution is -2.03. The van der Waals surface area contributed by atoms with Gasteiger partial charge in [0.25, 0.3) is 0 Å². The number of benzene rings is 2. The molecule has 0 N–H and O–H groups in total. The Bertz CT molecular complexity index is 668. The fourth-order valence-corrected chi connectivity index (χ4v) is 2.39. The number of aliphatic imine (C=N–C) groups is 1. The van der Waals surface area contributed by atoms with Gasteiger partial charge in [0.15, 0.2) is 0 Å². The summed E-state index contributed by atoms with van der Waals surface area (Å²) in [6.45, 7) is 2.78. The van der Waals surface area contributed by atoms with Crippen LogP contribution in [0.3, 0.4) is 0 Å². The molecule has 0 fully saturated rings. The average Bonchev–Trinajstić information content (AvgIpc) is 3.04. The van der Waals surface area contributed by atoms with Gasteiger partial charge in [0, 0.05) is 24.6 Å². The summed E-state index contributed by atoms with van der Waals surface area (Å²) in [6.07, 6.45) is 5.88. The van der Waals surface area contributed by atoms with E-state index in [0.717, 1.165) is 29.9 Å². The second kappa shape index (κ2) is 6.40. The molecule has 1 heterocycles. The van der Waals surface area contributed by atoms with Gasteiger partial charge in [-0.25, -0.2) is 0 Å². The first kappa shape index (κ1) is 13.6. The average molecular weight is 277 g/mol. The first-order valence-corrected chi connectivity index (χ1v) is 7.33. The Labute approximate surface area is 125 Å². The van der Waals surface area contributed by atoms with E-state index in [9.17, 15) is 0 Å². The molecule has 0 saturated heterocycles. The van der Waals surface area contributed by atoms with Gasteiger partial charge in [-0.1, -0.05) is 48.0 Å². The summed E-state index contributed by atoms with van der Waals surface area (Å²) in [5.74, 6) is 0.912. The highest BCUT2D eigenvalue weighted by Crippen LogP contribution is 2.28. The maximum Gasteiger partial charge on any atom is 0.128 e. The van der Waals surface area contributed by atoms with Gasteiger partial charge in [0.2, 0.25) is 0 Å². The second-order valence-corrected chi connectivity index (χ2v) is 5.22. The monoisotopic (exact) mass is 277 g/mol. The zero-order valence-electron chi connectivity index (χ0n) is 12.3. The van der Waals surface area contributed by atoms with Crippen molar-refractivity contribution in [2.24, 2.45) is 4.99 Å². The van der Waals surface area contributed by atoms with E-state index in [1.165, 1.54) is 11.1 Å². The van der Waals surface area contributed by atoms with Crippen molar-refractivity contribution in [3.05, 3.63) is 71.3 Å². The van der Waals surface area contributed by atoms with Crippen LogP contribution in [0.4, 0.5) is 0 Å².